The maximum absolute atomic E-state index is 12.2. The lowest BCUT2D eigenvalue weighted by Crippen LogP contribution is -2.33. The van der Waals surface area contributed by atoms with Gasteiger partial charge in [0.15, 0.2) is 0 Å². The predicted molar refractivity (Wildman–Crippen MR) is 107 cm³/mol. The van der Waals surface area contributed by atoms with Crippen molar-refractivity contribution in [2.24, 2.45) is 0 Å². The van der Waals surface area contributed by atoms with E-state index in [9.17, 15) is 9.59 Å². The van der Waals surface area contributed by atoms with E-state index in [0.717, 1.165) is 21.0 Å². The molecular weight excluding hydrogens is 412 g/mol. The van der Waals surface area contributed by atoms with Crippen LogP contribution in [0.1, 0.15) is 11.1 Å². The van der Waals surface area contributed by atoms with Gasteiger partial charge in [0.05, 0.1) is 26.3 Å². The summed E-state index contributed by atoms with van der Waals surface area (Å²) in [6.45, 7) is 1.84. The van der Waals surface area contributed by atoms with Gasteiger partial charge < -0.3 is 19.8 Å². The SMILES string of the molecule is COc1ccc2c(CC(=O)NCC(=O)Nc3ccc(Br)c(C)c3)coc2c1. The van der Waals surface area contributed by atoms with Crippen LogP contribution in [-0.4, -0.2) is 25.5 Å². The lowest BCUT2D eigenvalue weighted by Gasteiger charge is -2.08. The second-order valence-electron chi connectivity index (χ2n) is 6.09. The molecule has 0 bridgehead atoms. The fraction of sp³-hybridized carbons (Fsp3) is 0.200. The third-order valence-electron chi connectivity index (χ3n) is 4.10. The van der Waals surface area contributed by atoms with Crippen LogP contribution in [0.4, 0.5) is 5.69 Å². The van der Waals surface area contributed by atoms with Gasteiger partial charge in [-0.25, -0.2) is 0 Å². The van der Waals surface area contributed by atoms with Gasteiger partial charge in [0.1, 0.15) is 11.3 Å². The quantitative estimate of drug-likeness (QED) is 0.622. The molecule has 0 saturated carbocycles. The van der Waals surface area contributed by atoms with Crippen LogP contribution in [0.2, 0.25) is 0 Å². The standard InChI is InChI=1S/C20H19BrN2O4/c1-12-7-14(3-6-17(12)21)23-20(25)10-22-19(24)8-13-11-27-18-9-15(26-2)4-5-16(13)18/h3-7,9,11H,8,10H2,1-2H3,(H,22,24)(H,23,25). The van der Waals surface area contributed by atoms with Crippen LogP contribution >= 0.6 is 15.9 Å². The maximum Gasteiger partial charge on any atom is 0.243 e. The zero-order valence-electron chi connectivity index (χ0n) is 15.0. The molecule has 0 aliphatic rings. The number of hydrogen-bond donors (Lipinski definition) is 2. The number of nitrogens with one attached hydrogen (secondary N) is 2. The molecule has 1 heterocycles. The Morgan fingerprint density at radius 1 is 1.15 bits per heavy atom. The zero-order valence-corrected chi connectivity index (χ0v) is 16.6. The van der Waals surface area contributed by atoms with Crippen LogP contribution in [-0.2, 0) is 16.0 Å². The van der Waals surface area contributed by atoms with E-state index in [-0.39, 0.29) is 24.8 Å². The first kappa shape index (κ1) is 19.0. The van der Waals surface area contributed by atoms with Crippen molar-refractivity contribution in [3.05, 3.63) is 58.3 Å². The first-order chi connectivity index (χ1) is 13.0. The molecule has 0 saturated heterocycles. The minimum absolute atomic E-state index is 0.0997. The number of methoxy groups -OCH3 is 1. The third-order valence-corrected chi connectivity index (χ3v) is 4.99. The minimum Gasteiger partial charge on any atom is -0.497 e. The van der Waals surface area contributed by atoms with Gasteiger partial charge in [-0.15, -0.1) is 0 Å². The molecule has 0 aliphatic carbocycles. The number of aryl methyl sites for hydroxylation is 1. The van der Waals surface area contributed by atoms with Crippen molar-refractivity contribution in [3.63, 3.8) is 0 Å². The molecule has 0 atom stereocenters. The predicted octanol–water partition coefficient (Wildman–Crippen LogP) is 3.81. The Kier molecular flexibility index (Phi) is 5.81. The number of halogens is 1. The van der Waals surface area contributed by atoms with Gasteiger partial charge in [-0.05, 0) is 42.8 Å². The van der Waals surface area contributed by atoms with Crippen LogP contribution < -0.4 is 15.4 Å². The maximum atomic E-state index is 12.2. The van der Waals surface area contributed by atoms with Gasteiger partial charge >= 0.3 is 0 Å². The van der Waals surface area contributed by atoms with Gasteiger partial charge in [0.2, 0.25) is 11.8 Å². The van der Waals surface area contributed by atoms with E-state index in [1.807, 2.05) is 31.2 Å². The summed E-state index contributed by atoms with van der Waals surface area (Å²) in [7, 11) is 1.58. The molecule has 1 aromatic heterocycles. The number of anilines is 1. The van der Waals surface area contributed by atoms with Crippen molar-refractivity contribution < 1.29 is 18.7 Å². The summed E-state index contributed by atoms with van der Waals surface area (Å²) in [5, 5.41) is 6.24. The Labute approximate surface area is 165 Å². The molecule has 140 valence electrons. The largest absolute Gasteiger partial charge is 0.497 e. The van der Waals surface area contributed by atoms with Gasteiger partial charge in [-0.3, -0.25) is 9.59 Å². The first-order valence-electron chi connectivity index (χ1n) is 8.33. The number of carbonyl (C=O) groups excluding carboxylic acids is 2. The molecule has 3 aromatic rings. The Morgan fingerprint density at radius 3 is 2.70 bits per heavy atom. The van der Waals surface area contributed by atoms with E-state index in [4.69, 9.17) is 9.15 Å². The molecule has 0 spiro atoms. The Morgan fingerprint density at radius 2 is 1.96 bits per heavy atom. The average Bonchev–Trinajstić information content (AvgIpc) is 3.05. The van der Waals surface area contributed by atoms with Crippen LogP contribution in [0.15, 0.2) is 51.6 Å². The first-order valence-corrected chi connectivity index (χ1v) is 9.12. The minimum atomic E-state index is -0.285. The Bertz CT molecular complexity index is 997. The van der Waals surface area contributed by atoms with Crippen molar-refractivity contribution in [2.45, 2.75) is 13.3 Å². The van der Waals surface area contributed by atoms with Gasteiger partial charge in [0, 0.05) is 27.2 Å². The van der Waals surface area contributed by atoms with Crippen molar-refractivity contribution >= 4 is 44.4 Å². The van der Waals surface area contributed by atoms with Crippen LogP contribution in [0, 0.1) is 6.92 Å². The van der Waals surface area contributed by atoms with E-state index in [1.54, 1.807) is 25.5 Å². The van der Waals surface area contributed by atoms with Gasteiger partial charge in [0.25, 0.3) is 0 Å². The lowest BCUT2D eigenvalue weighted by atomic mass is 10.1. The molecule has 0 unspecified atom stereocenters. The molecule has 2 N–H and O–H groups in total. The number of carbonyl (C=O) groups is 2. The molecule has 2 aromatic carbocycles. The van der Waals surface area contributed by atoms with Crippen molar-refractivity contribution in [1.82, 2.24) is 5.32 Å². The van der Waals surface area contributed by atoms with E-state index in [2.05, 4.69) is 26.6 Å². The summed E-state index contributed by atoms with van der Waals surface area (Å²) in [4.78, 5) is 24.2. The summed E-state index contributed by atoms with van der Waals surface area (Å²) in [5.74, 6) is 0.148. The Balaban J connectivity index is 1.55. The van der Waals surface area contributed by atoms with Crippen LogP contribution in [0.5, 0.6) is 5.75 Å². The molecule has 0 fully saturated rings. The molecule has 7 heteroatoms. The van der Waals surface area contributed by atoms with E-state index in [1.165, 1.54) is 0 Å². The molecule has 2 amide bonds. The summed E-state index contributed by atoms with van der Waals surface area (Å²) < 4.78 is 11.6. The monoisotopic (exact) mass is 430 g/mol. The average molecular weight is 431 g/mol. The summed E-state index contributed by atoms with van der Waals surface area (Å²) >= 11 is 3.41. The number of benzene rings is 2. The van der Waals surface area contributed by atoms with Crippen molar-refractivity contribution in [1.29, 1.82) is 0 Å². The highest BCUT2D eigenvalue weighted by Gasteiger charge is 2.12. The topological polar surface area (TPSA) is 80.6 Å². The van der Waals surface area contributed by atoms with Crippen LogP contribution in [0.3, 0.4) is 0 Å². The molecule has 27 heavy (non-hydrogen) atoms. The summed E-state index contributed by atoms with van der Waals surface area (Å²) in [6.07, 6.45) is 1.68. The number of ether oxygens (including phenoxy) is 1. The van der Waals surface area contributed by atoms with Gasteiger partial charge in [-0.2, -0.15) is 0 Å². The normalized spacial score (nSPS) is 10.6. The fourth-order valence-corrected chi connectivity index (χ4v) is 2.92. The molecule has 0 aliphatic heterocycles. The summed E-state index contributed by atoms with van der Waals surface area (Å²) in [6, 6.07) is 10.9. The second kappa shape index (κ2) is 8.26. The molecule has 6 nitrogen and oxygen atoms in total. The second-order valence-corrected chi connectivity index (χ2v) is 6.94. The number of fused-ring (bicyclic) bond motifs is 1. The number of hydrogen-bond acceptors (Lipinski definition) is 4. The van der Waals surface area contributed by atoms with E-state index < -0.39 is 0 Å². The molecule has 0 radical (unpaired) electrons. The highest BCUT2D eigenvalue weighted by atomic mass is 79.9. The molecular formula is C20H19BrN2O4. The van der Waals surface area contributed by atoms with E-state index in [0.29, 0.717) is 17.0 Å². The zero-order chi connectivity index (χ0) is 19.4. The number of amides is 2. The fourth-order valence-electron chi connectivity index (χ4n) is 2.67. The van der Waals surface area contributed by atoms with Crippen LogP contribution in [0.25, 0.3) is 11.0 Å². The lowest BCUT2D eigenvalue weighted by molar-refractivity contribution is -0.123. The summed E-state index contributed by atoms with van der Waals surface area (Å²) in [5.41, 5.74) is 3.11. The smallest absolute Gasteiger partial charge is 0.243 e. The number of rotatable bonds is 6. The van der Waals surface area contributed by atoms with E-state index >= 15 is 0 Å². The highest BCUT2D eigenvalue weighted by Crippen LogP contribution is 2.25. The third kappa shape index (κ3) is 4.68. The highest BCUT2D eigenvalue weighted by molar-refractivity contribution is 9.10. The van der Waals surface area contributed by atoms with Crippen molar-refractivity contribution in [3.8, 4) is 5.75 Å². The molecule has 3 rings (SSSR count). The van der Waals surface area contributed by atoms with Gasteiger partial charge in [-0.1, -0.05) is 15.9 Å². The Hall–Kier alpha value is -2.80. The van der Waals surface area contributed by atoms with Crippen molar-refractivity contribution in [2.75, 3.05) is 19.0 Å². The number of furan rings is 1.